The van der Waals surface area contributed by atoms with Crippen LogP contribution in [0.4, 0.5) is 19.0 Å². The van der Waals surface area contributed by atoms with E-state index in [4.69, 9.17) is 0 Å². The third-order valence-electron chi connectivity index (χ3n) is 2.40. The molecule has 1 aromatic heterocycles. The first kappa shape index (κ1) is 15.2. The first-order chi connectivity index (χ1) is 8.76. The van der Waals surface area contributed by atoms with Gasteiger partial charge in [-0.05, 0) is 24.6 Å². The first-order valence-corrected chi connectivity index (χ1v) is 5.18. The fourth-order valence-electron chi connectivity index (χ4n) is 1.42. The zero-order valence-corrected chi connectivity index (χ0v) is 10.5. The number of rotatable bonds is 4. The number of alkyl halides is 3. The molecule has 1 atom stereocenters. The molecule has 0 saturated carbocycles. The van der Waals surface area contributed by atoms with E-state index in [0.717, 1.165) is 14.2 Å². The molecular formula is C11H13F3N2O3. The van der Waals surface area contributed by atoms with Gasteiger partial charge in [-0.2, -0.15) is 13.2 Å². The highest BCUT2D eigenvalue weighted by atomic mass is 19.4. The quantitative estimate of drug-likeness (QED) is 0.673. The molecule has 8 heteroatoms. The number of pyridine rings is 1. The number of ether oxygens (including phenoxy) is 2. The van der Waals surface area contributed by atoms with E-state index in [2.05, 4.69) is 14.5 Å². The van der Waals surface area contributed by atoms with Crippen molar-refractivity contribution >= 4 is 11.8 Å². The summed E-state index contributed by atoms with van der Waals surface area (Å²) in [6.07, 6.45) is -3.70. The summed E-state index contributed by atoms with van der Waals surface area (Å²) >= 11 is 0. The molecule has 0 unspecified atom stereocenters. The number of nitrogens with one attached hydrogen (secondary N) is 1. The van der Waals surface area contributed by atoms with Gasteiger partial charge < -0.3 is 14.8 Å². The highest BCUT2D eigenvalue weighted by Crippen LogP contribution is 2.35. The molecule has 1 heterocycles. The van der Waals surface area contributed by atoms with Crippen LogP contribution >= 0.6 is 0 Å². The Morgan fingerprint density at radius 2 is 2.00 bits per heavy atom. The topological polar surface area (TPSA) is 60.5 Å². The van der Waals surface area contributed by atoms with Gasteiger partial charge in [-0.25, -0.2) is 9.78 Å². The summed E-state index contributed by atoms with van der Waals surface area (Å²) in [5.74, 6) is -1.75. The van der Waals surface area contributed by atoms with Crippen molar-refractivity contribution in [3.8, 4) is 0 Å². The van der Waals surface area contributed by atoms with Gasteiger partial charge in [-0.15, -0.1) is 0 Å². The lowest BCUT2D eigenvalue weighted by Crippen LogP contribution is -2.60. The van der Waals surface area contributed by atoms with E-state index in [1.165, 1.54) is 12.3 Å². The van der Waals surface area contributed by atoms with Gasteiger partial charge in [0.05, 0.1) is 7.11 Å². The van der Waals surface area contributed by atoms with Gasteiger partial charge in [0.1, 0.15) is 5.82 Å². The Morgan fingerprint density at radius 1 is 1.37 bits per heavy atom. The maximum Gasteiger partial charge on any atom is 0.448 e. The number of aromatic nitrogens is 1. The number of hydrogen-bond acceptors (Lipinski definition) is 5. The first-order valence-electron chi connectivity index (χ1n) is 5.18. The van der Waals surface area contributed by atoms with E-state index < -0.39 is 17.9 Å². The summed E-state index contributed by atoms with van der Waals surface area (Å²) in [6, 6.07) is 2.95. The Balaban J connectivity index is 3.21. The molecule has 1 aromatic rings. The van der Waals surface area contributed by atoms with Gasteiger partial charge in [0, 0.05) is 13.3 Å². The number of esters is 1. The summed E-state index contributed by atoms with van der Waals surface area (Å²) in [6.45, 7) is 1.67. The summed E-state index contributed by atoms with van der Waals surface area (Å²) in [5, 5.41) is 1.94. The molecule has 106 valence electrons. The zero-order chi connectivity index (χ0) is 14.7. The van der Waals surface area contributed by atoms with Gasteiger partial charge in [0.15, 0.2) is 0 Å². The monoisotopic (exact) mass is 278 g/mol. The average molecular weight is 278 g/mol. The van der Waals surface area contributed by atoms with Crippen LogP contribution < -0.4 is 5.32 Å². The van der Waals surface area contributed by atoms with Gasteiger partial charge in [0.25, 0.3) is 0 Å². The van der Waals surface area contributed by atoms with Crippen LogP contribution in [0.1, 0.15) is 5.56 Å². The van der Waals surface area contributed by atoms with Crippen LogP contribution in [0.15, 0.2) is 18.3 Å². The predicted molar refractivity (Wildman–Crippen MR) is 60.4 cm³/mol. The molecule has 19 heavy (non-hydrogen) atoms. The molecule has 0 spiro atoms. The second kappa shape index (κ2) is 5.43. The van der Waals surface area contributed by atoms with Crippen molar-refractivity contribution in [1.29, 1.82) is 0 Å². The highest BCUT2D eigenvalue weighted by Gasteiger charge is 2.63. The maximum atomic E-state index is 13.1. The van der Waals surface area contributed by atoms with Crippen LogP contribution in [-0.4, -0.2) is 37.1 Å². The molecule has 0 amide bonds. The Morgan fingerprint density at radius 3 is 2.42 bits per heavy atom. The minimum absolute atomic E-state index is 0.149. The molecular weight excluding hydrogens is 265 g/mol. The Bertz CT molecular complexity index is 465. The largest absolute Gasteiger partial charge is 0.465 e. The van der Waals surface area contributed by atoms with Gasteiger partial charge >= 0.3 is 17.9 Å². The fraction of sp³-hybridized carbons (Fsp3) is 0.455. The third kappa shape index (κ3) is 2.95. The second-order valence-electron chi connectivity index (χ2n) is 3.72. The van der Waals surface area contributed by atoms with E-state index in [-0.39, 0.29) is 5.82 Å². The van der Waals surface area contributed by atoms with Gasteiger partial charge in [-0.1, -0.05) is 0 Å². The number of carbonyl (C=O) groups excluding carboxylic acids is 1. The number of aryl methyl sites for hydroxylation is 1. The number of hydrogen-bond donors (Lipinski definition) is 1. The van der Waals surface area contributed by atoms with Crippen molar-refractivity contribution in [2.45, 2.75) is 18.8 Å². The molecule has 0 radical (unpaired) electrons. The van der Waals surface area contributed by atoms with Crippen molar-refractivity contribution in [3.05, 3.63) is 23.9 Å². The summed E-state index contributed by atoms with van der Waals surface area (Å²) in [7, 11) is 1.60. The van der Waals surface area contributed by atoms with Crippen LogP contribution in [-0.2, 0) is 14.3 Å². The van der Waals surface area contributed by atoms with Crippen LogP contribution in [0.5, 0.6) is 0 Å². The van der Waals surface area contributed by atoms with E-state index >= 15 is 0 Å². The highest BCUT2D eigenvalue weighted by molar-refractivity contribution is 5.83. The zero-order valence-electron chi connectivity index (χ0n) is 10.5. The summed E-state index contributed by atoms with van der Waals surface area (Å²) in [4.78, 5) is 15.1. The van der Waals surface area contributed by atoms with Gasteiger partial charge in [0.2, 0.25) is 0 Å². The second-order valence-corrected chi connectivity index (χ2v) is 3.72. The third-order valence-corrected chi connectivity index (χ3v) is 2.40. The number of methoxy groups -OCH3 is 2. The number of halogens is 3. The molecule has 0 aliphatic rings. The summed E-state index contributed by atoms with van der Waals surface area (Å²) < 4.78 is 47.8. The molecule has 1 rings (SSSR count). The number of anilines is 1. The number of nitrogens with zero attached hydrogens (tertiary/aromatic N) is 1. The Kier molecular flexibility index (Phi) is 4.35. The summed E-state index contributed by atoms with van der Waals surface area (Å²) in [5.41, 5.74) is -2.61. The van der Waals surface area contributed by atoms with Crippen molar-refractivity contribution in [1.82, 2.24) is 4.98 Å². The number of carbonyl (C=O) groups is 1. The van der Waals surface area contributed by atoms with E-state index in [0.29, 0.717) is 5.56 Å². The van der Waals surface area contributed by atoms with Crippen LogP contribution in [0, 0.1) is 6.92 Å². The Hall–Kier alpha value is -1.83. The van der Waals surface area contributed by atoms with Crippen LogP contribution in [0.3, 0.4) is 0 Å². The molecule has 0 fully saturated rings. The molecule has 0 saturated heterocycles. The predicted octanol–water partition coefficient (Wildman–Crippen LogP) is 1.88. The SMILES string of the molecule is COC(=O)[C@](Nc1cc(C)ccn1)(OC)C(F)(F)F. The minimum atomic E-state index is -5.01. The van der Waals surface area contributed by atoms with E-state index in [1.807, 2.05) is 5.32 Å². The Labute approximate surface area is 107 Å². The molecule has 0 aliphatic heterocycles. The lowest BCUT2D eigenvalue weighted by atomic mass is 10.2. The molecule has 0 bridgehead atoms. The molecule has 0 aromatic carbocycles. The van der Waals surface area contributed by atoms with Crippen LogP contribution in [0.2, 0.25) is 0 Å². The van der Waals surface area contributed by atoms with Crippen LogP contribution in [0.25, 0.3) is 0 Å². The average Bonchev–Trinajstić information content (AvgIpc) is 2.33. The fourth-order valence-corrected chi connectivity index (χ4v) is 1.42. The maximum absolute atomic E-state index is 13.1. The lowest BCUT2D eigenvalue weighted by molar-refractivity contribution is -0.259. The van der Waals surface area contributed by atoms with Crippen molar-refractivity contribution in [2.75, 3.05) is 19.5 Å². The normalized spacial score (nSPS) is 14.6. The smallest absolute Gasteiger partial charge is 0.448 e. The minimum Gasteiger partial charge on any atom is -0.465 e. The van der Waals surface area contributed by atoms with Crippen molar-refractivity contribution < 1.29 is 27.4 Å². The lowest BCUT2D eigenvalue weighted by Gasteiger charge is -2.32. The van der Waals surface area contributed by atoms with Crippen molar-refractivity contribution in [2.24, 2.45) is 0 Å². The van der Waals surface area contributed by atoms with Gasteiger partial charge in [-0.3, -0.25) is 0 Å². The van der Waals surface area contributed by atoms with E-state index in [1.54, 1.807) is 13.0 Å². The van der Waals surface area contributed by atoms with Crippen molar-refractivity contribution in [3.63, 3.8) is 0 Å². The molecule has 0 aliphatic carbocycles. The molecule has 5 nitrogen and oxygen atoms in total. The van der Waals surface area contributed by atoms with E-state index in [9.17, 15) is 18.0 Å². The standard InChI is InChI=1S/C11H13F3N2O3/c1-7-4-5-15-8(6-7)16-10(19-3,9(17)18-2)11(12,13)14/h4-6H,1-3H3,(H,15,16)/t10-/m0/s1. The molecule has 1 N–H and O–H groups in total.